The molecule has 0 radical (unpaired) electrons. The average molecular weight is 399 g/mol. The largest absolute Gasteiger partial charge is 0.364 e. The van der Waals surface area contributed by atoms with Crippen molar-refractivity contribution in [1.82, 2.24) is 4.31 Å². The van der Waals surface area contributed by atoms with Crippen LogP contribution in [0.15, 0.2) is 53.4 Å². The van der Waals surface area contributed by atoms with Gasteiger partial charge in [-0.05, 0) is 61.9 Å². The van der Waals surface area contributed by atoms with Gasteiger partial charge in [0.05, 0.1) is 4.90 Å². The predicted octanol–water partition coefficient (Wildman–Crippen LogP) is 4.59. The molecule has 2 aromatic carbocycles. The molecular formula is C23H30N2O2S. The van der Waals surface area contributed by atoms with Crippen LogP contribution in [0, 0.1) is 0 Å². The fourth-order valence-electron chi connectivity index (χ4n) is 4.40. The second kappa shape index (κ2) is 8.26. The first-order valence-electron chi connectivity index (χ1n) is 10.5. The summed E-state index contributed by atoms with van der Waals surface area (Å²) in [5.41, 5.74) is 3.86. The summed E-state index contributed by atoms with van der Waals surface area (Å²) in [6.45, 7) is 4.37. The lowest BCUT2D eigenvalue weighted by atomic mass is 9.96. The molecule has 0 N–H and O–H groups in total. The lowest BCUT2D eigenvalue weighted by Crippen LogP contribution is -2.36. The van der Waals surface area contributed by atoms with Gasteiger partial charge in [-0.2, -0.15) is 4.31 Å². The lowest BCUT2D eigenvalue weighted by Gasteiger charge is -2.37. The number of anilines is 1. The number of rotatable bonds is 4. The van der Waals surface area contributed by atoms with Gasteiger partial charge in [0, 0.05) is 31.4 Å². The second-order valence-electron chi connectivity index (χ2n) is 8.11. The first-order chi connectivity index (χ1) is 13.6. The Kier molecular flexibility index (Phi) is 5.74. The second-order valence-corrected chi connectivity index (χ2v) is 10.0. The van der Waals surface area contributed by atoms with Crippen molar-refractivity contribution in [1.29, 1.82) is 0 Å². The Morgan fingerprint density at radius 1 is 0.929 bits per heavy atom. The molecular weight excluding hydrogens is 368 g/mol. The molecule has 1 unspecified atom stereocenters. The van der Waals surface area contributed by atoms with Crippen LogP contribution in [0.4, 0.5) is 5.69 Å². The summed E-state index contributed by atoms with van der Waals surface area (Å²) in [6.07, 6.45) is 6.45. The smallest absolute Gasteiger partial charge is 0.243 e. The normalized spacial score (nSPS) is 21.2. The van der Waals surface area contributed by atoms with Crippen LogP contribution >= 0.6 is 0 Å². The molecule has 28 heavy (non-hydrogen) atoms. The lowest BCUT2D eigenvalue weighted by molar-refractivity contribution is 0.423. The molecule has 1 saturated heterocycles. The molecule has 0 saturated carbocycles. The Bertz CT molecular complexity index is 900. The number of hydrogen-bond donors (Lipinski definition) is 0. The van der Waals surface area contributed by atoms with Gasteiger partial charge in [-0.25, -0.2) is 8.42 Å². The Morgan fingerprint density at radius 3 is 2.32 bits per heavy atom. The highest BCUT2D eigenvalue weighted by Gasteiger charge is 2.26. The molecule has 2 aliphatic rings. The molecule has 2 heterocycles. The number of hydrogen-bond acceptors (Lipinski definition) is 3. The van der Waals surface area contributed by atoms with Gasteiger partial charge < -0.3 is 4.90 Å². The molecule has 1 fully saturated rings. The van der Waals surface area contributed by atoms with Gasteiger partial charge in [0.25, 0.3) is 0 Å². The van der Waals surface area contributed by atoms with Gasteiger partial charge in [0.1, 0.15) is 0 Å². The SMILES string of the molecule is CC1CCc2ccccc2N1Cc1ccc(S(=O)(=O)N2CCCCCC2)cc1. The average Bonchev–Trinajstić information content (AvgIpc) is 3.01. The van der Waals surface area contributed by atoms with Crippen molar-refractivity contribution < 1.29 is 8.42 Å². The molecule has 2 aromatic rings. The van der Waals surface area contributed by atoms with Crippen molar-refractivity contribution in [2.75, 3.05) is 18.0 Å². The standard InChI is InChI=1S/C23H30N2O2S/c1-19-10-13-21-8-4-5-9-23(21)25(19)18-20-11-14-22(15-12-20)28(26,27)24-16-6-2-3-7-17-24/h4-5,8-9,11-12,14-15,19H,2-3,6-7,10,13,16-18H2,1H3. The van der Waals surface area contributed by atoms with E-state index in [9.17, 15) is 8.42 Å². The van der Waals surface area contributed by atoms with Crippen molar-refractivity contribution in [2.45, 2.75) is 62.9 Å². The Labute approximate surface area is 169 Å². The molecule has 0 aliphatic carbocycles. The van der Waals surface area contributed by atoms with E-state index < -0.39 is 10.0 Å². The zero-order chi connectivity index (χ0) is 19.6. The van der Waals surface area contributed by atoms with Crippen LogP contribution in [-0.4, -0.2) is 31.9 Å². The van der Waals surface area contributed by atoms with E-state index in [0.717, 1.165) is 50.6 Å². The topological polar surface area (TPSA) is 40.6 Å². The van der Waals surface area contributed by atoms with E-state index in [1.807, 2.05) is 12.1 Å². The van der Waals surface area contributed by atoms with E-state index in [1.54, 1.807) is 16.4 Å². The minimum absolute atomic E-state index is 0.422. The highest BCUT2D eigenvalue weighted by atomic mass is 32.2. The summed E-state index contributed by atoms with van der Waals surface area (Å²) in [6, 6.07) is 16.6. The van der Waals surface area contributed by atoms with Gasteiger partial charge in [0.15, 0.2) is 0 Å². The van der Waals surface area contributed by atoms with Crippen LogP contribution in [0.5, 0.6) is 0 Å². The van der Waals surface area contributed by atoms with Crippen molar-refractivity contribution in [2.24, 2.45) is 0 Å². The summed E-state index contributed by atoms with van der Waals surface area (Å²) in [4.78, 5) is 2.86. The minimum atomic E-state index is -3.37. The quantitative estimate of drug-likeness (QED) is 0.756. The van der Waals surface area contributed by atoms with Gasteiger partial charge in [-0.3, -0.25) is 0 Å². The minimum Gasteiger partial charge on any atom is -0.364 e. The molecule has 150 valence electrons. The van der Waals surface area contributed by atoms with Crippen LogP contribution in [0.2, 0.25) is 0 Å². The van der Waals surface area contributed by atoms with Crippen LogP contribution in [0.3, 0.4) is 0 Å². The number of para-hydroxylation sites is 1. The van der Waals surface area contributed by atoms with E-state index in [1.165, 1.54) is 11.3 Å². The molecule has 2 aliphatic heterocycles. The first-order valence-corrected chi connectivity index (χ1v) is 11.9. The molecule has 4 rings (SSSR count). The van der Waals surface area contributed by atoms with Crippen LogP contribution in [-0.2, 0) is 23.0 Å². The zero-order valence-electron chi connectivity index (χ0n) is 16.7. The highest BCUT2D eigenvalue weighted by Crippen LogP contribution is 2.32. The number of sulfonamides is 1. The summed E-state index contributed by atoms with van der Waals surface area (Å²) >= 11 is 0. The van der Waals surface area contributed by atoms with Crippen LogP contribution in [0.1, 0.15) is 50.2 Å². The van der Waals surface area contributed by atoms with Crippen molar-refractivity contribution in [3.63, 3.8) is 0 Å². The fraction of sp³-hybridized carbons (Fsp3) is 0.478. The van der Waals surface area contributed by atoms with Crippen LogP contribution in [0.25, 0.3) is 0 Å². The Hall–Kier alpha value is -1.85. The van der Waals surface area contributed by atoms with Crippen LogP contribution < -0.4 is 4.90 Å². The van der Waals surface area contributed by atoms with Gasteiger partial charge in [-0.15, -0.1) is 0 Å². The van der Waals surface area contributed by atoms with Gasteiger partial charge in [0.2, 0.25) is 10.0 Å². The molecule has 0 bridgehead atoms. The molecule has 5 heteroatoms. The molecule has 4 nitrogen and oxygen atoms in total. The molecule has 0 aromatic heterocycles. The monoisotopic (exact) mass is 398 g/mol. The van der Waals surface area contributed by atoms with Gasteiger partial charge in [-0.1, -0.05) is 43.2 Å². The van der Waals surface area contributed by atoms with E-state index in [0.29, 0.717) is 24.0 Å². The third kappa shape index (κ3) is 3.96. The number of fused-ring (bicyclic) bond motifs is 1. The summed E-state index contributed by atoms with van der Waals surface area (Å²) in [7, 11) is -3.37. The fourth-order valence-corrected chi connectivity index (χ4v) is 5.91. The van der Waals surface area contributed by atoms with Gasteiger partial charge >= 0.3 is 0 Å². The first kappa shape index (κ1) is 19.5. The van der Waals surface area contributed by atoms with E-state index in [2.05, 4.69) is 36.1 Å². The maximum absolute atomic E-state index is 13.0. The Balaban J connectivity index is 1.52. The third-order valence-electron chi connectivity index (χ3n) is 6.14. The van der Waals surface area contributed by atoms with E-state index in [4.69, 9.17) is 0 Å². The molecule has 0 spiro atoms. The van der Waals surface area contributed by atoms with E-state index in [-0.39, 0.29) is 0 Å². The third-order valence-corrected chi connectivity index (χ3v) is 8.06. The molecule has 1 atom stereocenters. The number of aryl methyl sites for hydroxylation is 1. The van der Waals surface area contributed by atoms with Crippen molar-refractivity contribution >= 4 is 15.7 Å². The molecule has 0 amide bonds. The predicted molar refractivity (Wildman–Crippen MR) is 114 cm³/mol. The summed E-state index contributed by atoms with van der Waals surface area (Å²) in [5.74, 6) is 0. The summed E-state index contributed by atoms with van der Waals surface area (Å²) in [5, 5.41) is 0. The van der Waals surface area contributed by atoms with E-state index >= 15 is 0 Å². The highest BCUT2D eigenvalue weighted by molar-refractivity contribution is 7.89. The maximum Gasteiger partial charge on any atom is 0.243 e. The zero-order valence-corrected chi connectivity index (χ0v) is 17.5. The number of benzene rings is 2. The van der Waals surface area contributed by atoms with Crippen molar-refractivity contribution in [3.05, 3.63) is 59.7 Å². The maximum atomic E-state index is 13.0. The summed E-state index contributed by atoms with van der Waals surface area (Å²) < 4.78 is 27.6. The number of nitrogens with zero attached hydrogens (tertiary/aromatic N) is 2. The Morgan fingerprint density at radius 2 is 1.61 bits per heavy atom. The van der Waals surface area contributed by atoms with Crippen molar-refractivity contribution in [3.8, 4) is 0 Å².